The molecule has 3 aliphatic heterocycles. The van der Waals surface area contributed by atoms with Gasteiger partial charge < -0.3 is 19.6 Å². The summed E-state index contributed by atoms with van der Waals surface area (Å²) in [6.07, 6.45) is 6.42. The molecular formula is C35H41ClN2O5S. The Morgan fingerprint density at radius 3 is 2.59 bits per heavy atom. The van der Waals surface area contributed by atoms with Gasteiger partial charge in [0.2, 0.25) is 5.91 Å². The van der Waals surface area contributed by atoms with Crippen LogP contribution in [0.1, 0.15) is 43.7 Å². The van der Waals surface area contributed by atoms with Gasteiger partial charge >= 0.3 is 5.97 Å². The number of hydrogen-bond acceptors (Lipinski definition) is 6. The minimum Gasteiger partial charge on any atom is -0.465 e. The average molecular weight is 637 g/mol. The van der Waals surface area contributed by atoms with Gasteiger partial charge in [-0.15, -0.1) is 24.9 Å². The van der Waals surface area contributed by atoms with Crippen LogP contribution < -0.4 is 4.90 Å². The first-order valence-electron chi connectivity index (χ1n) is 15.3. The number of aliphatic hydroxyl groups excluding tert-OH is 1. The van der Waals surface area contributed by atoms with E-state index >= 15 is 4.79 Å². The monoisotopic (exact) mass is 636 g/mol. The summed E-state index contributed by atoms with van der Waals surface area (Å²) < 4.78 is 4.33. The number of amides is 2. The first-order valence-corrected chi connectivity index (χ1v) is 16.4. The van der Waals surface area contributed by atoms with Crippen LogP contribution in [0, 0.1) is 18.8 Å². The molecule has 1 N–H and O–H groups in total. The molecule has 5 rings (SSSR count). The predicted octanol–water partition coefficient (Wildman–Crippen LogP) is 5.76. The van der Waals surface area contributed by atoms with Crippen molar-refractivity contribution >= 4 is 46.8 Å². The van der Waals surface area contributed by atoms with Crippen LogP contribution >= 0.6 is 23.4 Å². The van der Waals surface area contributed by atoms with Crippen LogP contribution in [0.25, 0.3) is 0 Å². The van der Waals surface area contributed by atoms with Crippen molar-refractivity contribution in [2.45, 2.75) is 67.5 Å². The number of carbonyl (C=O) groups is 3. The van der Waals surface area contributed by atoms with Gasteiger partial charge in [-0.3, -0.25) is 14.4 Å². The fourth-order valence-electron chi connectivity index (χ4n) is 7.55. The number of anilines is 1. The van der Waals surface area contributed by atoms with Gasteiger partial charge in [-0.2, -0.15) is 0 Å². The van der Waals surface area contributed by atoms with Crippen LogP contribution in [-0.4, -0.2) is 69.1 Å². The number of aryl methyl sites for hydroxylation is 1. The second kappa shape index (κ2) is 13.1. The van der Waals surface area contributed by atoms with Crippen LogP contribution in [-0.2, 0) is 25.5 Å². The zero-order valence-corrected chi connectivity index (χ0v) is 27.0. The van der Waals surface area contributed by atoms with Crippen molar-refractivity contribution in [1.82, 2.24) is 4.90 Å². The molecule has 2 aromatic carbocycles. The van der Waals surface area contributed by atoms with E-state index in [0.29, 0.717) is 36.4 Å². The van der Waals surface area contributed by atoms with Crippen LogP contribution in [0.5, 0.6) is 0 Å². The summed E-state index contributed by atoms with van der Waals surface area (Å²) in [4.78, 5) is 46.7. The minimum absolute atomic E-state index is 0.182. The van der Waals surface area contributed by atoms with Crippen molar-refractivity contribution in [1.29, 1.82) is 0 Å². The molecule has 6 atom stereocenters. The number of likely N-dealkylation sites (tertiary alicyclic amines) is 1. The maximum absolute atomic E-state index is 15.0. The van der Waals surface area contributed by atoms with E-state index in [9.17, 15) is 14.7 Å². The number of thioether (sulfide) groups is 1. The van der Waals surface area contributed by atoms with Gasteiger partial charge in [0.25, 0.3) is 5.91 Å². The van der Waals surface area contributed by atoms with Gasteiger partial charge in [-0.1, -0.05) is 66.2 Å². The van der Waals surface area contributed by atoms with Gasteiger partial charge in [0.15, 0.2) is 0 Å². The summed E-state index contributed by atoms with van der Waals surface area (Å²) in [5, 5.41) is 11.2. The summed E-state index contributed by atoms with van der Waals surface area (Å²) in [7, 11) is 0. The minimum atomic E-state index is -0.929. The van der Waals surface area contributed by atoms with Crippen molar-refractivity contribution in [3.8, 4) is 0 Å². The number of para-hydroxylation sites is 1. The van der Waals surface area contributed by atoms with Gasteiger partial charge in [-0.05, 0) is 63.1 Å². The number of aliphatic hydroxyl groups is 1. The smallest absolute Gasteiger partial charge is 0.311 e. The molecule has 1 spiro atoms. The quantitative estimate of drug-likeness (QED) is 0.171. The van der Waals surface area contributed by atoms with Crippen molar-refractivity contribution in [3.63, 3.8) is 0 Å². The zero-order valence-electron chi connectivity index (χ0n) is 25.4. The molecule has 0 saturated carbocycles. The van der Waals surface area contributed by atoms with E-state index in [-0.39, 0.29) is 31.6 Å². The Balaban J connectivity index is 1.61. The van der Waals surface area contributed by atoms with E-state index in [1.165, 1.54) is 0 Å². The largest absolute Gasteiger partial charge is 0.465 e. The molecule has 2 aromatic rings. The number of rotatable bonds is 13. The highest BCUT2D eigenvalue weighted by molar-refractivity contribution is 8.02. The molecule has 9 heteroatoms. The van der Waals surface area contributed by atoms with Crippen molar-refractivity contribution in [2.24, 2.45) is 11.8 Å². The second-order valence-corrected chi connectivity index (χ2v) is 14.5. The van der Waals surface area contributed by atoms with E-state index in [2.05, 4.69) is 13.2 Å². The first-order chi connectivity index (χ1) is 21.1. The summed E-state index contributed by atoms with van der Waals surface area (Å²) in [6.45, 7) is 11.6. The first kappa shape index (κ1) is 32.3. The van der Waals surface area contributed by atoms with Gasteiger partial charge in [0.1, 0.15) is 6.04 Å². The summed E-state index contributed by atoms with van der Waals surface area (Å²) >= 11 is 8.28. The zero-order chi connectivity index (χ0) is 31.6. The molecule has 3 fully saturated rings. The van der Waals surface area contributed by atoms with Crippen LogP contribution in [0.3, 0.4) is 0 Å². The SMILES string of the molecule is C=CCCCOC(=O)[C@H]1[C@H]2C(=O)N([C@@H](CO)Cc3ccccc3)C(C(=O)N(CC=C)c3c(C)cccc3Cl)C23CC[C@]1(C)S3. The number of hydrogen-bond donors (Lipinski definition) is 1. The van der Waals surface area contributed by atoms with Crippen LogP contribution in [0.4, 0.5) is 5.69 Å². The number of benzene rings is 2. The number of ether oxygens (including phenoxy) is 1. The van der Waals surface area contributed by atoms with Crippen LogP contribution in [0.2, 0.25) is 5.02 Å². The Hall–Kier alpha value is -3.07. The topological polar surface area (TPSA) is 87.1 Å². The molecule has 2 bridgehead atoms. The number of carbonyl (C=O) groups excluding carboxylic acids is 3. The second-order valence-electron chi connectivity index (χ2n) is 12.2. The fourth-order valence-corrected chi connectivity index (χ4v) is 10.2. The molecule has 0 aromatic heterocycles. The summed E-state index contributed by atoms with van der Waals surface area (Å²) in [5.41, 5.74) is 2.32. The summed E-state index contributed by atoms with van der Waals surface area (Å²) in [6, 6.07) is 13.5. The number of unbranched alkanes of at least 4 members (excludes halogenated alkanes) is 1. The molecule has 3 aliphatic rings. The molecule has 0 aliphatic carbocycles. The third-order valence-corrected chi connectivity index (χ3v) is 11.7. The Labute approximate surface area is 269 Å². The third-order valence-electron chi connectivity index (χ3n) is 9.45. The predicted molar refractivity (Wildman–Crippen MR) is 176 cm³/mol. The maximum atomic E-state index is 15.0. The number of halogens is 1. The molecule has 3 saturated heterocycles. The lowest BCUT2D eigenvalue weighted by Crippen LogP contribution is -2.58. The number of esters is 1. The van der Waals surface area contributed by atoms with Crippen molar-refractivity contribution in [2.75, 3.05) is 24.7 Å². The van der Waals surface area contributed by atoms with Crippen molar-refractivity contribution in [3.05, 3.63) is 90.0 Å². The Bertz CT molecular complexity index is 1420. The van der Waals surface area contributed by atoms with Gasteiger partial charge in [0.05, 0.1) is 46.5 Å². The standard InChI is InChI=1S/C35H41ClN2O5S/c1-5-7-11-20-43-33(42)28-27-31(40)38(25(22-39)21-24-14-9-8-10-15-24)30(35(27)18-17-34(28,4)44-35)32(41)37(19-6-2)29-23(3)13-12-16-26(29)36/h5-6,8-10,12-16,25,27-28,30,39H,1-2,7,11,17-22H2,3-4H3/t25-,27+,28-,30?,34+,35?/m1/s1. The molecule has 3 heterocycles. The highest BCUT2D eigenvalue weighted by Crippen LogP contribution is 2.72. The number of nitrogens with zero attached hydrogens (tertiary/aromatic N) is 2. The Morgan fingerprint density at radius 2 is 1.93 bits per heavy atom. The fraction of sp³-hybridized carbons (Fsp3) is 0.457. The highest BCUT2D eigenvalue weighted by atomic mass is 35.5. The van der Waals surface area contributed by atoms with Crippen LogP contribution in [0.15, 0.2) is 73.8 Å². The normalized spacial score (nSPS) is 27.6. The molecule has 7 nitrogen and oxygen atoms in total. The number of fused-ring (bicyclic) bond motifs is 1. The summed E-state index contributed by atoms with van der Waals surface area (Å²) in [5.74, 6) is -2.43. The Kier molecular flexibility index (Phi) is 9.64. The molecule has 44 heavy (non-hydrogen) atoms. The third kappa shape index (κ3) is 5.50. The average Bonchev–Trinajstić information content (AvgIpc) is 3.58. The lowest BCUT2D eigenvalue weighted by Gasteiger charge is -2.40. The van der Waals surface area contributed by atoms with E-state index in [0.717, 1.165) is 17.5 Å². The van der Waals surface area contributed by atoms with Crippen molar-refractivity contribution < 1.29 is 24.2 Å². The molecular weight excluding hydrogens is 596 g/mol. The molecule has 0 radical (unpaired) electrons. The van der Waals surface area contributed by atoms with Gasteiger partial charge in [0, 0.05) is 11.3 Å². The van der Waals surface area contributed by atoms with Gasteiger partial charge in [-0.25, -0.2) is 0 Å². The Morgan fingerprint density at radius 1 is 1.18 bits per heavy atom. The lowest BCUT2D eigenvalue weighted by atomic mass is 9.66. The van der Waals surface area contributed by atoms with E-state index < -0.39 is 39.4 Å². The molecule has 234 valence electrons. The van der Waals surface area contributed by atoms with E-state index in [1.54, 1.807) is 39.8 Å². The number of allylic oxidation sites excluding steroid dienone is 1. The molecule has 2 unspecified atom stereocenters. The highest BCUT2D eigenvalue weighted by Gasteiger charge is 2.78. The maximum Gasteiger partial charge on any atom is 0.311 e. The molecule has 2 amide bonds. The van der Waals surface area contributed by atoms with E-state index in [4.69, 9.17) is 16.3 Å². The van der Waals surface area contributed by atoms with E-state index in [1.807, 2.05) is 56.3 Å². The lowest BCUT2D eigenvalue weighted by molar-refractivity contribution is -0.156.